The van der Waals surface area contributed by atoms with Gasteiger partial charge in [0.1, 0.15) is 5.75 Å². The van der Waals surface area contributed by atoms with Crippen molar-refractivity contribution in [2.75, 3.05) is 19.7 Å². The fraction of sp³-hybridized carbons (Fsp3) is 0.619. The first-order valence-corrected chi connectivity index (χ1v) is 10.0. The highest BCUT2D eigenvalue weighted by Crippen LogP contribution is 2.40. The van der Waals surface area contributed by atoms with Crippen molar-refractivity contribution >= 4 is 11.8 Å². The molecule has 1 atom stereocenters. The Kier molecular flexibility index (Phi) is 5.08. The molecule has 1 aromatic rings. The SMILES string of the molecule is CC(=O)N1CCC(C(=O)N[C@H](c2ccc3c(c2)CCO3)C2CC(O)C2)CC1. The van der Waals surface area contributed by atoms with E-state index in [1.807, 2.05) is 17.0 Å². The quantitative estimate of drug-likeness (QED) is 0.845. The number of aliphatic hydroxyl groups is 1. The summed E-state index contributed by atoms with van der Waals surface area (Å²) in [5.74, 6) is 1.30. The maximum absolute atomic E-state index is 12.9. The van der Waals surface area contributed by atoms with Crippen molar-refractivity contribution in [3.63, 3.8) is 0 Å². The van der Waals surface area contributed by atoms with Crippen molar-refractivity contribution < 1.29 is 19.4 Å². The van der Waals surface area contributed by atoms with E-state index in [4.69, 9.17) is 4.74 Å². The lowest BCUT2D eigenvalue weighted by Crippen LogP contribution is -2.46. The molecule has 146 valence electrons. The van der Waals surface area contributed by atoms with E-state index in [1.54, 1.807) is 6.92 Å². The Labute approximate surface area is 159 Å². The number of nitrogens with one attached hydrogen (secondary N) is 1. The summed E-state index contributed by atoms with van der Waals surface area (Å²) in [7, 11) is 0. The molecule has 27 heavy (non-hydrogen) atoms. The molecule has 2 fully saturated rings. The molecule has 1 saturated heterocycles. The number of piperidine rings is 1. The number of hydrogen-bond donors (Lipinski definition) is 2. The molecule has 1 saturated carbocycles. The normalized spacial score (nSPS) is 25.9. The van der Waals surface area contributed by atoms with E-state index in [1.165, 1.54) is 5.56 Å². The summed E-state index contributed by atoms with van der Waals surface area (Å²) in [6.45, 7) is 3.59. The molecule has 2 aliphatic heterocycles. The van der Waals surface area contributed by atoms with Gasteiger partial charge in [-0.3, -0.25) is 9.59 Å². The molecule has 6 nitrogen and oxygen atoms in total. The van der Waals surface area contributed by atoms with Crippen LogP contribution in [0.4, 0.5) is 0 Å². The lowest BCUT2D eigenvalue weighted by Gasteiger charge is -2.39. The van der Waals surface area contributed by atoms with Gasteiger partial charge in [-0.25, -0.2) is 0 Å². The van der Waals surface area contributed by atoms with E-state index in [-0.39, 0.29) is 35.8 Å². The molecule has 0 bridgehead atoms. The highest BCUT2D eigenvalue weighted by molar-refractivity contribution is 5.80. The molecule has 3 aliphatic rings. The van der Waals surface area contributed by atoms with Crippen molar-refractivity contribution in [2.45, 2.75) is 51.2 Å². The molecule has 0 radical (unpaired) electrons. The Morgan fingerprint density at radius 2 is 2.00 bits per heavy atom. The molecule has 4 rings (SSSR count). The summed E-state index contributed by atoms with van der Waals surface area (Å²) in [5, 5.41) is 13.0. The lowest BCUT2D eigenvalue weighted by molar-refractivity contribution is -0.134. The van der Waals surface area contributed by atoms with Crippen LogP contribution in [0.25, 0.3) is 0 Å². The average molecular weight is 372 g/mol. The highest BCUT2D eigenvalue weighted by atomic mass is 16.5. The van der Waals surface area contributed by atoms with E-state index in [0.717, 1.165) is 30.6 Å². The van der Waals surface area contributed by atoms with Gasteiger partial charge in [-0.15, -0.1) is 0 Å². The van der Waals surface area contributed by atoms with E-state index in [9.17, 15) is 14.7 Å². The predicted octanol–water partition coefficient (Wildman–Crippen LogP) is 1.81. The highest BCUT2D eigenvalue weighted by Gasteiger charge is 2.37. The van der Waals surface area contributed by atoms with Gasteiger partial charge in [0.2, 0.25) is 11.8 Å². The summed E-state index contributed by atoms with van der Waals surface area (Å²) in [6, 6.07) is 6.11. The molecule has 2 heterocycles. The number of nitrogens with zero attached hydrogens (tertiary/aromatic N) is 1. The van der Waals surface area contributed by atoms with Crippen molar-refractivity contribution in [3.8, 4) is 5.75 Å². The molecule has 6 heteroatoms. The Morgan fingerprint density at radius 1 is 1.26 bits per heavy atom. The zero-order chi connectivity index (χ0) is 19.0. The van der Waals surface area contributed by atoms with Gasteiger partial charge in [0, 0.05) is 32.4 Å². The number of aliphatic hydroxyl groups excluding tert-OH is 1. The van der Waals surface area contributed by atoms with Crippen molar-refractivity contribution in [1.82, 2.24) is 10.2 Å². The summed E-state index contributed by atoms with van der Waals surface area (Å²) in [6.07, 6.45) is 3.52. The molecule has 2 amide bonds. The number of likely N-dealkylation sites (tertiary alicyclic amines) is 1. The van der Waals surface area contributed by atoms with Crippen LogP contribution in [0.3, 0.4) is 0 Å². The summed E-state index contributed by atoms with van der Waals surface area (Å²) in [4.78, 5) is 26.2. The zero-order valence-corrected chi connectivity index (χ0v) is 15.8. The number of fused-ring (bicyclic) bond motifs is 1. The fourth-order valence-electron chi connectivity index (χ4n) is 4.50. The van der Waals surface area contributed by atoms with Crippen LogP contribution in [0.1, 0.15) is 49.8 Å². The third-order valence-corrected chi connectivity index (χ3v) is 6.30. The second kappa shape index (κ2) is 7.50. The Hall–Kier alpha value is -2.08. The van der Waals surface area contributed by atoms with Crippen LogP contribution in [-0.4, -0.2) is 47.6 Å². The molecular weight excluding hydrogens is 344 g/mol. The molecule has 0 unspecified atom stereocenters. The third-order valence-electron chi connectivity index (χ3n) is 6.30. The minimum absolute atomic E-state index is 0.0501. The van der Waals surface area contributed by atoms with Crippen LogP contribution < -0.4 is 10.1 Å². The number of carbonyl (C=O) groups is 2. The molecule has 0 aromatic heterocycles. The second-order valence-electron chi connectivity index (χ2n) is 8.12. The number of carbonyl (C=O) groups excluding carboxylic acids is 2. The van der Waals surface area contributed by atoms with E-state index < -0.39 is 0 Å². The molecule has 2 N–H and O–H groups in total. The van der Waals surface area contributed by atoms with Crippen LogP contribution in [0, 0.1) is 11.8 Å². The fourth-order valence-corrected chi connectivity index (χ4v) is 4.50. The van der Waals surface area contributed by atoms with E-state index >= 15 is 0 Å². The summed E-state index contributed by atoms with van der Waals surface area (Å²) < 4.78 is 5.60. The first-order valence-electron chi connectivity index (χ1n) is 10.0. The van der Waals surface area contributed by atoms with Gasteiger partial charge in [0.05, 0.1) is 18.8 Å². The first kappa shape index (κ1) is 18.3. The van der Waals surface area contributed by atoms with Crippen LogP contribution in [0.15, 0.2) is 18.2 Å². The summed E-state index contributed by atoms with van der Waals surface area (Å²) >= 11 is 0. The number of benzene rings is 1. The summed E-state index contributed by atoms with van der Waals surface area (Å²) in [5.41, 5.74) is 2.30. The van der Waals surface area contributed by atoms with Crippen LogP contribution in [0.2, 0.25) is 0 Å². The Balaban J connectivity index is 1.45. The molecule has 1 aromatic carbocycles. The van der Waals surface area contributed by atoms with Crippen LogP contribution in [0.5, 0.6) is 5.75 Å². The largest absolute Gasteiger partial charge is 0.493 e. The first-order chi connectivity index (χ1) is 13.0. The number of amides is 2. The standard InChI is InChI=1S/C21H28N2O4/c1-13(24)23-7-4-14(5-8-23)21(26)22-20(17-11-18(25)12-17)16-2-3-19-15(10-16)6-9-27-19/h2-3,10,14,17-18,20,25H,4-9,11-12H2,1H3,(H,22,26)/t17?,18?,20-/m1/s1. The lowest BCUT2D eigenvalue weighted by atomic mass is 9.74. The molecular formula is C21H28N2O4. The minimum Gasteiger partial charge on any atom is -0.493 e. The number of rotatable bonds is 4. The maximum atomic E-state index is 12.9. The minimum atomic E-state index is -0.258. The van der Waals surface area contributed by atoms with E-state index in [0.29, 0.717) is 32.5 Å². The monoisotopic (exact) mass is 372 g/mol. The molecule has 0 spiro atoms. The average Bonchev–Trinajstić information content (AvgIpc) is 3.11. The van der Waals surface area contributed by atoms with Gasteiger partial charge in [0.25, 0.3) is 0 Å². The van der Waals surface area contributed by atoms with Crippen molar-refractivity contribution in [3.05, 3.63) is 29.3 Å². The zero-order valence-electron chi connectivity index (χ0n) is 15.8. The third kappa shape index (κ3) is 3.81. The maximum Gasteiger partial charge on any atom is 0.223 e. The van der Waals surface area contributed by atoms with Gasteiger partial charge < -0.3 is 20.1 Å². The van der Waals surface area contributed by atoms with Gasteiger partial charge in [0.15, 0.2) is 0 Å². The number of hydrogen-bond acceptors (Lipinski definition) is 4. The Bertz CT molecular complexity index is 721. The van der Waals surface area contributed by atoms with Gasteiger partial charge >= 0.3 is 0 Å². The predicted molar refractivity (Wildman–Crippen MR) is 100 cm³/mol. The Morgan fingerprint density at radius 3 is 2.67 bits per heavy atom. The second-order valence-corrected chi connectivity index (χ2v) is 8.12. The van der Waals surface area contributed by atoms with Crippen molar-refractivity contribution in [1.29, 1.82) is 0 Å². The van der Waals surface area contributed by atoms with Gasteiger partial charge in [-0.2, -0.15) is 0 Å². The van der Waals surface area contributed by atoms with Gasteiger partial charge in [-0.1, -0.05) is 6.07 Å². The molecule has 1 aliphatic carbocycles. The smallest absolute Gasteiger partial charge is 0.223 e. The van der Waals surface area contributed by atoms with Crippen molar-refractivity contribution in [2.24, 2.45) is 11.8 Å². The topological polar surface area (TPSA) is 78.9 Å². The van der Waals surface area contributed by atoms with E-state index in [2.05, 4.69) is 11.4 Å². The number of ether oxygens (including phenoxy) is 1. The van der Waals surface area contributed by atoms with Crippen LogP contribution in [-0.2, 0) is 16.0 Å². The van der Waals surface area contributed by atoms with Crippen LogP contribution >= 0.6 is 0 Å². The van der Waals surface area contributed by atoms with Gasteiger partial charge in [-0.05, 0) is 54.9 Å².